The molecule has 1 aliphatic heterocycles. The number of hydrogen-bond donors (Lipinski definition) is 1. The third kappa shape index (κ3) is 7.02. The van der Waals surface area contributed by atoms with E-state index in [1.54, 1.807) is 7.11 Å². The van der Waals surface area contributed by atoms with Crippen molar-refractivity contribution in [3.05, 3.63) is 0 Å². The molecule has 1 N–H and O–H groups in total. The topological polar surface area (TPSA) is 33.7 Å². The molecular weight excluding hydrogens is 252 g/mol. The normalized spacial score (nSPS) is 22.1. The molecule has 2 unspecified atom stereocenters. The molecule has 1 heterocycles. The summed E-state index contributed by atoms with van der Waals surface area (Å²) in [6, 6.07) is 1.27. The Morgan fingerprint density at radius 3 is 2.85 bits per heavy atom. The molecule has 2 atom stereocenters. The number of methoxy groups -OCH3 is 1. The molecule has 1 aliphatic rings. The smallest absolute Gasteiger partial charge is 0.0593 e. The van der Waals surface area contributed by atoms with Crippen LogP contribution in [0.25, 0.3) is 0 Å². The van der Waals surface area contributed by atoms with Gasteiger partial charge in [-0.05, 0) is 45.7 Å². The monoisotopic (exact) mass is 286 g/mol. The summed E-state index contributed by atoms with van der Waals surface area (Å²) < 4.78 is 10.7. The Labute approximate surface area is 125 Å². The summed E-state index contributed by atoms with van der Waals surface area (Å²) in [5, 5.41) is 3.65. The Morgan fingerprint density at radius 2 is 2.10 bits per heavy atom. The van der Waals surface area contributed by atoms with Gasteiger partial charge in [-0.2, -0.15) is 0 Å². The lowest BCUT2D eigenvalue weighted by Gasteiger charge is -2.39. The van der Waals surface area contributed by atoms with Gasteiger partial charge in [0.2, 0.25) is 0 Å². The predicted octanol–water partition coefficient (Wildman–Crippen LogP) is 2.28. The van der Waals surface area contributed by atoms with E-state index in [9.17, 15) is 0 Å². The maximum atomic E-state index is 5.71. The Hall–Kier alpha value is -0.160. The summed E-state index contributed by atoms with van der Waals surface area (Å²) >= 11 is 0. The van der Waals surface area contributed by atoms with Gasteiger partial charge >= 0.3 is 0 Å². The average Bonchev–Trinajstić information content (AvgIpc) is 2.48. The van der Waals surface area contributed by atoms with Crippen molar-refractivity contribution in [3.63, 3.8) is 0 Å². The first-order valence-corrected chi connectivity index (χ1v) is 8.33. The van der Waals surface area contributed by atoms with Crippen LogP contribution in [0.1, 0.15) is 46.0 Å². The predicted molar refractivity (Wildman–Crippen MR) is 84.3 cm³/mol. The molecule has 0 amide bonds. The van der Waals surface area contributed by atoms with E-state index in [0.29, 0.717) is 12.1 Å². The minimum Gasteiger partial charge on any atom is -0.385 e. The second kappa shape index (κ2) is 11.5. The highest BCUT2D eigenvalue weighted by atomic mass is 16.5. The van der Waals surface area contributed by atoms with Gasteiger partial charge in [0, 0.05) is 39.0 Å². The van der Waals surface area contributed by atoms with Crippen molar-refractivity contribution in [1.82, 2.24) is 10.2 Å². The van der Waals surface area contributed by atoms with Gasteiger partial charge in [0.25, 0.3) is 0 Å². The Kier molecular flexibility index (Phi) is 10.3. The third-order valence-corrected chi connectivity index (χ3v) is 4.12. The summed E-state index contributed by atoms with van der Waals surface area (Å²) in [4.78, 5) is 2.62. The van der Waals surface area contributed by atoms with Gasteiger partial charge in [-0.1, -0.05) is 13.3 Å². The van der Waals surface area contributed by atoms with Crippen molar-refractivity contribution < 1.29 is 9.47 Å². The van der Waals surface area contributed by atoms with Crippen molar-refractivity contribution in [3.8, 4) is 0 Å². The minimum atomic E-state index is 0.587. The highest BCUT2D eigenvalue weighted by molar-refractivity contribution is 4.84. The molecule has 120 valence electrons. The van der Waals surface area contributed by atoms with Crippen LogP contribution in [0, 0.1) is 0 Å². The van der Waals surface area contributed by atoms with Crippen LogP contribution in [-0.4, -0.2) is 63.5 Å². The van der Waals surface area contributed by atoms with E-state index in [2.05, 4.69) is 24.1 Å². The van der Waals surface area contributed by atoms with Gasteiger partial charge in [0.05, 0.1) is 6.61 Å². The standard InChI is InChI=1S/C16H34N2O2/c1-4-9-17-15(2)16-8-5-6-10-18(16)11-14-20-13-7-12-19-3/h15-17H,4-14H2,1-3H3. The van der Waals surface area contributed by atoms with Crippen LogP contribution in [0.3, 0.4) is 0 Å². The van der Waals surface area contributed by atoms with Crippen molar-refractivity contribution in [2.75, 3.05) is 46.6 Å². The zero-order valence-electron chi connectivity index (χ0n) is 13.7. The molecule has 1 rings (SSSR count). The number of rotatable bonds is 11. The Bertz CT molecular complexity index is 227. The fourth-order valence-electron chi connectivity index (χ4n) is 2.96. The maximum absolute atomic E-state index is 5.71. The summed E-state index contributed by atoms with van der Waals surface area (Å²) in [5.74, 6) is 0. The quantitative estimate of drug-likeness (QED) is 0.591. The van der Waals surface area contributed by atoms with E-state index in [-0.39, 0.29) is 0 Å². The van der Waals surface area contributed by atoms with Gasteiger partial charge in [-0.15, -0.1) is 0 Å². The third-order valence-electron chi connectivity index (χ3n) is 4.12. The highest BCUT2D eigenvalue weighted by Gasteiger charge is 2.26. The van der Waals surface area contributed by atoms with Crippen molar-refractivity contribution in [2.24, 2.45) is 0 Å². The number of nitrogens with one attached hydrogen (secondary N) is 1. The van der Waals surface area contributed by atoms with E-state index >= 15 is 0 Å². The molecule has 20 heavy (non-hydrogen) atoms. The summed E-state index contributed by atoms with van der Waals surface area (Å²) in [6.45, 7) is 10.4. The van der Waals surface area contributed by atoms with Crippen LogP contribution in [0.5, 0.6) is 0 Å². The second-order valence-electron chi connectivity index (χ2n) is 5.80. The van der Waals surface area contributed by atoms with E-state index in [4.69, 9.17) is 9.47 Å². The zero-order chi connectivity index (χ0) is 14.6. The van der Waals surface area contributed by atoms with E-state index in [1.165, 1.54) is 32.2 Å². The van der Waals surface area contributed by atoms with Gasteiger partial charge in [-0.3, -0.25) is 4.90 Å². The van der Waals surface area contributed by atoms with Crippen LogP contribution < -0.4 is 5.32 Å². The molecule has 0 radical (unpaired) electrons. The van der Waals surface area contributed by atoms with E-state index < -0.39 is 0 Å². The first-order valence-electron chi connectivity index (χ1n) is 8.33. The summed E-state index contributed by atoms with van der Waals surface area (Å²) in [6.07, 6.45) is 6.23. The number of nitrogens with zero attached hydrogens (tertiary/aromatic N) is 1. The molecule has 0 aromatic carbocycles. The van der Waals surface area contributed by atoms with E-state index in [0.717, 1.165) is 39.3 Å². The molecule has 0 bridgehead atoms. The molecule has 1 saturated heterocycles. The zero-order valence-corrected chi connectivity index (χ0v) is 13.7. The molecule has 1 fully saturated rings. The Morgan fingerprint density at radius 1 is 1.25 bits per heavy atom. The van der Waals surface area contributed by atoms with Crippen LogP contribution in [-0.2, 0) is 9.47 Å². The Balaban J connectivity index is 2.22. The van der Waals surface area contributed by atoms with Gasteiger partial charge in [0.1, 0.15) is 0 Å². The highest BCUT2D eigenvalue weighted by Crippen LogP contribution is 2.19. The summed E-state index contributed by atoms with van der Waals surface area (Å²) in [5.41, 5.74) is 0. The van der Waals surface area contributed by atoms with Gasteiger partial charge in [0.15, 0.2) is 0 Å². The van der Waals surface area contributed by atoms with E-state index in [1.807, 2.05) is 0 Å². The molecule has 4 nitrogen and oxygen atoms in total. The van der Waals surface area contributed by atoms with Crippen molar-refractivity contribution in [1.29, 1.82) is 0 Å². The molecule has 0 aliphatic carbocycles. The van der Waals surface area contributed by atoms with Crippen LogP contribution in [0.2, 0.25) is 0 Å². The van der Waals surface area contributed by atoms with Crippen LogP contribution >= 0.6 is 0 Å². The average molecular weight is 286 g/mol. The molecule has 0 aromatic heterocycles. The molecule has 0 aromatic rings. The number of likely N-dealkylation sites (tertiary alicyclic amines) is 1. The van der Waals surface area contributed by atoms with Crippen LogP contribution in [0.4, 0.5) is 0 Å². The first kappa shape index (κ1) is 17.9. The van der Waals surface area contributed by atoms with Gasteiger partial charge in [-0.25, -0.2) is 0 Å². The fraction of sp³-hybridized carbons (Fsp3) is 1.00. The molecule has 4 heteroatoms. The number of piperidine rings is 1. The fourth-order valence-corrected chi connectivity index (χ4v) is 2.96. The molecule has 0 spiro atoms. The minimum absolute atomic E-state index is 0.587. The lowest BCUT2D eigenvalue weighted by molar-refractivity contribution is 0.0527. The summed E-state index contributed by atoms with van der Waals surface area (Å²) in [7, 11) is 1.74. The molecule has 0 saturated carbocycles. The number of hydrogen-bond acceptors (Lipinski definition) is 4. The number of ether oxygens (including phenoxy) is 2. The van der Waals surface area contributed by atoms with Crippen LogP contribution in [0.15, 0.2) is 0 Å². The first-order chi connectivity index (χ1) is 9.79. The largest absolute Gasteiger partial charge is 0.385 e. The molecular formula is C16H34N2O2. The lowest BCUT2D eigenvalue weighted by atomic mass is 9.96. The second-order valence-corrected chi connectivity index (χ2v) is 5.80. The maximum Gasteiger partial charge on any atom is 0.0593 e. The van der Waals surface area contributed by atoms with Gasteiger partial charge < -0.3 is 14.8 Å². The van der Waals surface area contributed by atoms with Crippen molar-refractivity contribution in [2.45, 2.75) is 58.0 Å². The SMILES string of the molecule is CCCNC(C)C1CCCCN1CCOCCCOC. The lowest BCUT2D eigenvalue weighted by Crippen LogP contribution is -2.52. The van der Waals surface area contributed by atoms with Crippen molar-refractivity contribution >= 4 is 0 Å².